The SMILES string of the molecule is O=C1Nc2ccccc2C(=O)Nc2ccc(cc2)NC(=O)c2ccccc2NC1=O. The van der Waals surface area contributed by atoms with Gasteiger partial charge in [-0.3, -0.25) is 19.2 Å². The summed E-state index contributed by atoms with van der Waals surface area (Å²) in [6, 6.07) is 19.3. The summed E-state index contributed by atoms with van der Waals surface area (Å²) in [6.45, 7) is 0. The van der Waals surface area contributed by atoms with E-state index in [0.717, 1.165) is 0 Å². The van der Waals surface area contributed by atoms with Crippen LogP contribution in [0.2, 0.25) is 0 Å². The van der Waals surface area contributed by atoms with Crippen LogP contribution in [-0.4, -0.2) is 23.6 Å². The van der Waals surface area contributed by atoms with Gasteiger partial charge in [-0.05, 0) is 48.5 Å². The number of amides is 4. The first-order valence-corrected chi connectivity index (χ1v) is 9.04. The third kappa shape index (κ3) is 3.88. The topological polar surface area (TPSA) is 116 Å². The van der Waals surface area contributed by atoms with Gasteiger partial charge in [0.15, 0.2) is 0 Å². The molecule has 0 saturated carbocycles. The molecule has 8 nitrogen and oxygen atoms in total. The Morgan fingerprint density at radius 2 is 0.767 bits per heavy atom. The second-order valence-corrected chi connectivity index (χ2v) is 6.49. The van der Waals surface area contributed by atoms with E-state index in [2.05, 4.69) is 21.3 Å². The second kappa shape index (κ2) is 7.88. The molecule has 0 atom stereocenters. The molecular weight excluding hydrogens is 384 g/mol. The first kappa shape index (κ1) is 18.9. The zero-order chi connectivity index (χ0) is 21.1. The summed E-state index contributed by atoms with van der Waals surface area (Å²) >= 11 is 0. The van der Waals surface area contributed by atoms with E-state index in [0.29, 0.717) is 11.4 Å². The van der Waals surface area contributed by atoms with E-state index < -0.39 is 23.6 Å². The highest BCUT2D eigenvalue weighted by atomic mass is 16.2. The second-order valence-electron chi connectivity index (χ2n) is 6.49. The summed E-state index contributed by atoms with van der Waals surface area (Å²) in [5.41, 5.74) is 1.77. The van der Waals surface area contributed by atoms with Gasteiger partial charge in [-0.25, -0.2) is 0 Å². The zero-order valence-electron chi connectivity index (χ0n) is 15.6. The highest BCUT2D eigenvalue weighted by Crippen LogP contribution is 2.22. The molecule has 0 unspecified atom stereocenters. The van der Waals surface area contributed by atoms with E-state index in [1.54, 1.807) is 48.5 Å². The number of hydrogen-bond acceptors (Lipinski definition) is 4. The molecule has 0 aromatic heterocycles. The van der Waals surface area contributed by atoms with Crippen molar-refractivity contribution in [3.8, 4) is 0 Å². The van der Waals surface area contributed by atoms with E-state index in [-0.39, 0.29) is 22.5 Å². The van der Waals surface area contributed by atoms with E-state index in [4.69, 9.17) is 0 Å². The molecule has 5 rings (SSSR count). The molecule has 0 fully saturated rings. The molecule has 4 amide bonds. The molecule has 2 aliphatic heterocycles. The lowest BCUT2D eigenvalue weighted by Gasteiger charge is -2.14. The molecule has 0 saturated heterocycles. The van der Waals surface area contributed by atoms with Crippen molar-refractivity contribution in [2.75, 3.05) is 21.3 Å². The molecule has 3 aromatic carbocycles. The first-order valence-electron chi connectivity index (χ1n) is 9.04. The Labute approximate surface area is 171 Å². The summed E-state index contributed by atoms with van der Waals surface area (Å²) in [4.78, 5) is 50.1. The lowest BCUT2D eigenvalue weighted by Crippen LogP contribution is -2.31. The first-order chi connectivity index (χ1) is 14.5. The maximum Gasteiger partial charge on any atom is 0.314 e. The molecule has 3 aromatic rings. The van der Waals surface area contributed by atoms with Crippen LogP contribution in [0.5, 0.6) is 0 Å². The Hall–Kier alpha value is -4.46. The highest BCUT2D eigenvalue weighted by Gasteiger charge is 2.21. The van der Waals surface area contributed by atoms with E-state index >= 15 is 0 Å². The Morgan fingerprint density at radius 3 is 1.17 bits per heavy atom. The Kier molecular flexibility index (Phi) is 4.96. The quantitative estimate of drug-likeness (QED) is 0.434. The molecule has 0 radical (unpaired) electrons. The van der Waals surface area contributed by atoms with E-state index in [9.17, 15) is 19.2 Å². The predicted molar refractivity (Wildman–Crippen MR) is 112 cm³/mol. The van der Waals surface area contributed by atoms with Gasteiger partial charge >= 0.3 is 11.8 Å². The number of nitrogens with one attached hydrogen (secondary N) is 4. The number of benzene rings is 3. The zero-order valence-corrected chi connectivity index (χ0v) is 15.6. The van der Waals surface area contributed by atoms with Crippen LogP contribution in [0.15, 0.2) is 72.8 Å². The van der Waals surface area contributed by atoms with Crippen LogP contribution in [0, 0.1) is 0 Å². The van der Waals surface area contributed by atoms with Gasteiger partial charge in [-0.15, -0.1) is 0 Å². The number of hydrogen-bond donors (Lipinski definition) is 4. The number of fused-ring (bicyclic) bond motifs is 7. The fraction of sp³-hybridized carbons (Fsp3) is 0. The van der Waals surface area contributed by atoms with Crippen molar-refractivity contribution in [1.82, 2.24) is 0 Å². The number of anilines is 4. The number of rotatable bonds is 0. The lowest BCUT2D eigenvalue weighted by molar-refractivity contribution is -0.133. The fourth-order valence-corrected chi connectivity index (χ4v) is 2.97. The molecular formula is C22H16N4O4. The van der Waals surface area contributed by atoms with Crippen LogP contribution in [0.4, 0.5) is 22.7 Å². The number of carbonyl (C=O) groups is 4. The van der Waals surface area contributed by atoms with Crippen LogP contribution < -0.4 is 21.3 Å². The molecule has 4 N–H and O–H groups in total. The molecule has 148 valence electrons. The monoisotopic (exact) mass is 400 g/mol. The highest BCUT2D eigenvalue weighted by molar-refractivity contribution is 6.44. The van der Waals surface area contributed by atoms with Crippen LogP contribution in [0.1, 0.15) is 20.7 Å². The molecule has 0 spiro atoms. The van der Waals surface area contributed by atoms with Crippen LogP contribution in [0.25, 0.3) is 0 Å². The summed E-state index contributed by atoms with van der Waals surface area (Å²) < 4.78 is 0. The summed E-state index contributed by atoms with van der Waals surface area (Å²) in [5, 5.41) is 10.3. The van der Waals surface area contributed by atoms with Crippen molar-refractivity contribution in [2.24, 2.45) is 0 Å². The predicted octanol–water partition coefficient (Wildman–Crippen LogP) is 3.08. The average molecular weight is 400 g/mol. The van der Waals surface area contributed by atoms with Crippen LogP contribution in [-0.2, 0) is 9.59 Å². The summed E-state index contributed by atoms with van der Waals surface area (Å²) in [5.74, 6) is -2.86. The van der Waals surface area contributed by atoms with Crippen molar-refractivity contribution in [2.45, 2.75) is 0 Å². The number of carbonyl (C=O) groups excluding carboxylic acids is 4. The lowest BCUT2D eigenvalue weighted by atomic mass is 10.1. The third-order valence-electron chi connectivity index (χ3n) is 4.45. The minimum Gasteiger partial charge on any atom is -0.322 e. The molecule has 2 heterocycles. The smallest absolute Gasteiger partial charge is 0.314 e. The van der Waals surface area contributed by atoms with Crippen molar-refractivity contribution in [3.05, 3.63) is 83.9 Å². The minimum absolute atomic E-state index is 0.185. The van der Waals surface area contributed by atoms with Gasteiger partial charge in [0.1, 0.15) is 0 Å². The van der Waals surface area contributed by atoms with Gasteiger partial charge < -0.3 is 21.3 Å². The standard InChI is InChI=1S/C22H16N4O4/c27-19-15-5-1-3-7-17(15)25-21(29)22(30)26-18-8-4-2-6-16(18)20(28)24-14-11-9-13(23-19)10-12-14/h1-12H,(H,23,27)(H,24,28)(H,25,29)(H,26,30). The van der Waals surface area contributed by atoms with Crippen LogP contribution in [0.3, 0.4) is 0 Å². The maximum atomic E-state index is 12.7. The largest absolute Gasteiger partial charge is 0.322 e. The minimum atomic E-state index is -0.971. The van der Waals surface area contributed by atoms with Crippen molar-refractivity contribution in [1.29, 1.82) is 0 Å². The molecule has 8 heteroatoms. The maximum absolute atomic E-state index is 12.7. The third-order valence-corrected chi connectivity index (χ3v) is 4.45. The van der Waals surface area contributed by atoms with E-state index in [1.165, 1.54) is 24.3 Å². The molecule has 30 heavy (non-hydrogen) atoms. The molecule has 0 aliphatic carbocycles. The van der Waals surface area contributed by atoms with Crippen LogP contribution >= 0.6 is 0 Å². The Bertz CT molecular complexity index is 1080. The average Bonchev–Trinajstić information content (AvgIpc) is 2.75. The van der Waals surface area contributed by atoms with Crippen molar-refractivity contribution in [3.63, 3.8) is 0 Å². The summed E-state index contributed by atoms with van der Waals surface area (Å²) in [7, 11) is 0. The summed E-state index contributed by atoms with van der Waals surface area (Å²) in [6.07, 6.45) is 0. The van der Waals surface area contributed by atoms with Gasteiger partial charge in [0.2, 0.25) is 0 Å². The van der Waals surface area contributed by atoms with Gasteiger partial charge in [-0.1, -0.05) is 24.3 Å². The van der Waals surface area contributed by atoms with E-state index in [1.807, 2.05) is 0 Å². The fourth-order valence-electron chi connectivity index (χ4n) is 2.97. The van der Waals surface area contributed by atoms with Gasteiger partial charge in [0, 0.05) is 11.4 Å². The van der Waals surface area contributed by atoms with Crippen molar-refractivity contribution < 1.29 is 19.2 Å². The normalized spacial score (nSPS) is 14.0. The van der Waals surface area contributed by atoms with Gasteiger partial charge in [0.05, 0.1) is 22.5 Å². The number of para-hydroxylation sites is 2. The molecule has 2 bridgehead atoms. The Morgan fingerprint density at radius 1 is 0.400 bits per heavy atom. The van der Waals surface area contributed by atoms with Crippen molar-refractivity contribution >= 4 is 46.4 Å². The van der Waals surface area contributed by atoms with Gasteiger partial charge in [0.25, 0.3) is 11.8 Å². The molecule has 2 aliphatic rings. The van der Waals surface area contributed by atoms with Gasteiger partial charge in [-0.2, -0.15) is 0 Å². The Balaban J connectivity index is 1.77.